The van der Waals surface area contributed by atoms with E-state index < -0.39 is 0 Å². The van der Waals surface area contributed by atoms with E-state index in [4.69, 9.17) is 11.6 Å². The molecule has 0 saturated carbocycles. The van der Waals surface area contributed by atoms with Crippen LogP contribution in [-0.4, -0.2) is 39.4 Å². The average molecular weight is 413 g/mol. The van der Waals surface area contributed by atoms with E-state index in [1.807, 2.05) is 30.0 Å². The number of amides is 1. The minimum absolute atomic E-state index is 0.127. The van der Waals surface area contributed by atoms with E-state index in [-0.39, 0.29) is 5.91 Å². The lowest BCUT2D eigenvalue weighted by atomic mass is 10.1. The number of pyridine rings is 2. The molecule has 1 aliphatic rings. The highest BCUT2D eigenvalue weighted by molar-refractivity contribution is 7.98. The van der Waals surface area contributed by atoms with E-state index >= 15 is 0 Å². The van der Waals surface area contributed by atoms with Gasteiger partial charge in [0.25, 0.3) is 5.91 Å². The van der Waals surface area contributed by atoms with Crippen molar-refractivity contribution in [2.24, 2.45) is 0 Å². The summed E-state index contributed by atoms with van der Waals surface area (Å²) in [6.45, 7) is 2.60. The first-order valence-corrected chi connectivity index (χ1v) is 10.0. The van der Waals surface area contributed by atoms with Crippen LogP contribution in [-0.2, 0) is 5.75 Å². The molecule has 0 aliphatic carbocycles. The molecule has 28 heavy (non-hydrogen) atoms. The highest BCUT2D eigenvalue weighted by Gasteiger charge is 2.30. The molecule has 0 bridgehead atoms. The second kappa shape index (κ2) is 7.73. The van der Waals surface area contributed by atoms with Gasteiger partial charge >= 0.3 is 0 Å². The van der Waals surface area contributed by atoms with Gasteiger partial charge in [-0.25, -0.2) is 19.9 Å². The summed E-state index contributed by atoms with van der Waals surface area (Å²) in [4.78, 5) is 33.8. The molecule has 7 nitrogen and oxygen atoms in total. The minimum Gasteiger partial charge on any atom is -0.309 e. The number of halogens is 1. The van der Waals surface area contributed by atoms with Crippen LogP contribution in [0, 0.1) is 0 Å². The molecule has 0 saturated heterocycles. The van der Waals surface area contributed by atoms with E-state index in [0.29, 0.717) is 40.3 Å². The van der Waals surface area contributed by atoms with Gasteiger partial charge in [-0.05, 0) is 36.8 Å². The highest BCUT2D eigenvalue weighted by atomic mass is 35.5. The number of anilines is 3. The second-order valence-electron chi connectivity index (χ2n) is 6.14. The Bertz CT molecular complexity index is 1030. The number of thioether (sulfide) groups is 1. The Kier molecular flexibility index (Phi) is 5.15. The van der Waals surface area contributed by atoms with Gasteiger partial charge in [0, 0.05) is 31.7 Å². The van der Waals surface area contributed by atoms with Crippen LogP contribution in [0.4, 0.5) is 17.3 Å². The summed E-state index contributed by atoms with van der Waals surface area (Å²) in [5.74, 6) is 1.74. The molecule has 3 aromatic rings. The van der Waals surface area contributed by atoms with Crippen LogP contribution in [0.3, 0.4) is 0 Å². The average Bonchev–Trinajstić information content (AvgIpc) is 2.80. The summed E-state index contributed by atoms with van der Waals surface area (Å²) >= 11 is 7.68. The van der Waals surface area contributed by atoms with Crippen LogP contribution in [0.5, 0.6) is 0 Å². The summed E-state index contributed by atoms with van der Waals surface area (Å²) in [5, 5.41) is 1.24. The normalized spacial score (nSPS) is 13.2. The molecule has 142 valence electrons. The maximum absolute atomic E-state index is 13.1. The molecule has 4 rings (SSSR count). The lowest BCUT2D eigenvalue weighted by molar-refractivity contribution is 0.0994. The largest absolute Gasteiger partial charge is 0.309 e. The molecule has 3 aromatic heterocycles. The fraction of sp³-hybridized carbons (Fsp3) is 0.211. The summed E-state index contributed by atoms with van der Waals surface area (Å²) < 4.78 is 0. The van der Waals surface area contributed by atoms with Crippen LogP contribution in [0.15, 0.2) is 48.0 Å². The van der Waals surface area contributed by atoms with Gasteiger partial charge in [-0.3, -0.25) is 4.79 Å². The lowest BCUT2D eigenvalue weighted by Crippen LogP contribution is -2.25. The number of carbonyl (C=O) groups is 1. The molecular formula is C19H17ClN6OS. The van der Waals surface area contributed by atoms with Gasteiger partial charge in [0.2, 0.25) is 0 Å². The van der Waals surface area contributed by atoms with Gasteiger partial charge in [0.15, 0.2) is 5.82 Å². The number of nitrogens with zero attached hydrogens (tertiary/aromatic N) is 6. The van der Waals surface area contributed by atoms with E-state index in [1.165, 1.54) is 6.33 Å². The fourth-order valence-corrected chi connectivity index (χ4v) is 3.94. The van der Waals surface area contributed by atoms with Crippen molar-refractivity contribution >= 4 is 46.6 Å². The van der Waals surface area contributed by atoms with Crippen LogP contribution < -0.4 is 9.80 Å². The van der Waals surface area contributed by atoms with Crippen molar-refractivity contribution in [3.05, 3.63) is 59.3 Å². The smallest absolute Gasteiger partial charge is 0.261 e. The van der Waals surface area contributed by atoms with Gasteiger partial charge in [-0.1, -0.05) is 11.6 Å². The first-order chi connectivity index (χ1) is 13.6. The molecule has 0 atom stereocenters. The van der Waals surface area contributed by atoms with Crippen molar-refractivity contribution in [2.45, 2.75) is 17.7 Å². The Balaban J connectivity index is 1.73. The molecule has 4 heterocycles. The van der Waals surface area contributed by atoms with E-state index in [1.54, 1.807) is 42.2 Å². The van der Waals surface area contributed by atoms with Gasteiger partial charge in [-0.15, -0.1) is 11.8 Å². The number of aromatic nitrogens is 4. The molecule has 0 aromatic carbocycles. The van der Waals surface area contributed by atoms with Gasteiger partial charge in [0.1, 0.15) is 17.3 Å². The van der Waals surface area contributed by atoms with Crippen molar-refractivity contribution < 1.29 is 4.79 Å². The number of hydrogen-bond acceptors (Lipinski definition) is 7. The first-order valence-electron chi connectivity index (χ1n) is 8.68. The van der Waals surface area contributed by atoms with Crippen molar-refractivity contribution in [1.29, 1.82) is 0 Å². The van der Waals surface area contributed by atoms with Gasteiger partial charge < -0.3 is 9.80 Å². The van der Waals surface area contributed by atoms with Crippen molar-refractivity contribution in [2.75, 3.05) is 23.4 Å². The molecule has 0 spiro atoms. The quantitative estimate of drug-likeness (QED) is 0.364. The summed E-state index contributed by atoms with van der Waals surface area (Å²) in [7, 11) is 1.74. The minimum atomic E-state index is -0.127. The Labute approximate surface area is 171 Å². The third-order valence-electron chi connectivity index (χ3n) is 4.41. The first kappa shape index (κ1) is 18.6. The monoisotopic (exact) mass is 412 g/mol. The predicted octanol–water partition coefficient (Wildman–Crippen LogP) is 3.96. The maximum Gasteiger partial charge on any atom is 0.261 e. The molecule has 0 unspecified atom stereocenters. The van der Waals surface area contributed by atoms with Crippen LogP contribution in [0.2, 0.25) is 5.15 Å². The third-order valence-corrected chi connectivity index (χ3v) is 5.63. The predicted molar refractivity (Wildman–Crippen MR) is 110 cm³/mol. The van der Waals surface area contributed by atoms with Crippen LogP contribution in [0.1, 0.15) is 22.8 Å². The van der Waals surface area contributed by atoms with Crippen molar-refractivity contribution in [1.82, 2.24) is 19.9 Å². The van der Waals surface area contributed by atoms with Gasteiger partial charge in [-0.2, -0.15) is 0 Å². The zero-order valence-electron chi connectivity index (χ0n) is 15.3. The number of fused-ring (bicyclic) bond motifs is 2. The molecule has 0 radical (unpaired) electrons. The second-order valence-corrected chi connectivity index (χ2v) is 7.52. The molecule has 1 amide bonds. The highest BCUT2D eigenvalue weighted by Crippen LogP contribution is 2.38. The number of rotatable bonds is 4. The third kappa shape index (κ3) is 3.41. The zero-order chi connectivity index (χ0) is 19.7. The molecular weight excluding hydrogens is 396 g/mol. The Morgan fingerprint density at radius 1 is 1.18 bits per heavy atom. The molecule has 9 heteroatoms. The Morgan fingerprint density at radius 3 is 2.79 bits per heavy atom. The standard InChI is InChI=1S/C19H17ClN6OS/c1-3-26-17-13(19(27)25(2)14-4-5-15(20)24-18(14)26)8-12(9-22-17)10-28-16-6-7-21-11-23-16/h4-9,11H,3,10H2,1-2H3. The van der Waals surface area contributed by atoms with Gasteiger partial charge in [0.05, 0.1) is 16.3 Å². The summed E-state index contributed by atoms with van der Waals surface area (Å²) in [6.07, 6.45) is 5.01. The van der Waals surface area contributed by atoms with E-state index in [9.17, 15) is 4.79 Å². The molecule has 0 fully saturated rings. The summed E-state index contributed by atoms with van der Waals surface area (Å²) in [5.41, 5.74) is 2.18. The van der Waals surface area contributed by atoms with Crippen LogP contribution in [0.25, 0.3) is 0 Å². The SMILES string of the molecule is CCN1c2ncc(CSc3ccncn3)cc2C(=O)N(C)c2ccc(Cl)nc21. The molecule has 0 N–H and O–H groups in total. The summed E-state index contributed by atoms with van der Waals surface area (Å²) in [6, 6.07) is 7.24. The number of carbonyl (C=O) groups excluding carboxylic acids is 1. The zero-order valence-corrected chi connectivity index (χ0v) is 16.9. The van der Waals surface area contributed by atoms with Crippen molar-refractivity contribution in [3.63, 3.8) is 0 Å². The lowest BCUT2D eigenvalue weighted by Gasteiger charge is -2.23. The van der Waals surface area contributed by atoms with Crippen LogP contribution >= 0.6 is 23.4 Å². The topological polar surface area (TPSA) is 75.1 Å². The van der Waals surface area contributed by atoms with E-state index in [0.717, 1.165) is 10.6 Å². The molecule has 1 aliphatic heterocycles. The Morgan fingerprint density at radius 2 is 2.04 bits per heavy atom. The Hall–Kier alpha value is -2.71. The van der Waals surface area contributed by atoms with E-state index in [2.05, 4.69) is 19.9 Å². The number of hydrogen-bond donors (Lipinski definition) is 0. The maximum atomic E-state index is 13.1. The van der Waals surface area contributed by atoms with Crippen molar-refractivity contribution in [3.8, 4) is 0 Å². The fourth-order valence-electron chi connectivity index (χ4n) is 3.04.